The highest BCUT2D eigenvalue weighted by Crippen LogP contribution is 2.33. The Hall–Kier alpha value is -1.62. The Morgan fingerprint density at radius 3 is 2.55 bits per heavy atom. The molecule has 0 aromatic heterocycles. The first-order chi connectivity index (χ1) is 10.5. The van der Waals surface area contributed by atoms with Gasteiger partial charge in [-0.1, -0.05) is 40.9 Å². The summed E-state index contributed by atoms with van der Waals surface area (Å²) < 4.78 is 10.4. The highest BCUT2D eigenvalue weighted by atomic mass is 35.5. The number of amides is 1. The summed E-state index contributed by atoms with van der Waals surface area (Å²) >= 11 is 17.7. The lowest BCUT2D eigenvalue weighted by Gasteiger charge is -2.10. The topological polar surface area (TPSA) is 47.6 Å². The molecule has 0 heterocycles. The Morgan fingerprint density at radius 2 is 1.82 bits per heavy atom. The minimum atomic E-state index is -0.338. The third-order valence-corrected chi connectivity index (χ3v) is 3.70. The van der Waals surface area contributed by atoms with E-state index >= 15 is 0 Å². The van der Waals surface area contributed by atoms with Crippen LogP contribution in [0.3, 0.4) is 0 Å². The lowest BCUT2D eigenvalue weighted by atomic mass is 10.3. The monoisotopic (exact) mass is 359 g/mol. The first kappa shape index (κ1) is 16.7. The van der Waals surface area contributed by atoms with Gasteiger partial charge in [-0.25, -0.2) is 0 Å². The second-order valence-electron chi connectivity index (χ2n) is 4.27. The number of benzene rings is 2. The summed E-state index contributed by atoms with van der Waals surface area (Å²) in [6, 6.07) is 9.91. The number of anilines is 1. The van der Waals surface area contributed by atoms with Crippen molar-refractivity contribution in [3.05, 3.63) is 51.5 Å². The minimum Gasteiger partial charge on any atom is -0.497 e. The quantitative estimate of drug-likeness (QED) is 0.788. The van der Waals surface area contributed by atoms with E-state index < -0.39 is 0 Å². The largest absolute Gasteiger partial charge is 0.497 e. The number of rotatable bonds is 5. The molecular weight excluding hydrogens is 349 g/mol. The van der Waals surface area contributed by atoms with E-state index in [-0.39, 0.29) is 23.3 Å². The molecule has 0 aliphatic rings. The predicted molar refractivity (Wildman–Crippen MR) is 88.6 cm³/mol. The summed E-state index contributed by atoms with van der Waals surface area (Å²) in [5.74, 6) is 0.596. The van der Waals surface area contributed by atoms with Gasteiger partial charge in [0, 0.05) is 17.8 Å². The molecule has 7 heteroatoms. The van der Waals surface area contributed by atoms with Gasteiger partial charge in [-0.05, 0) is 18.2 Å². The number of hydrogen-bond donors (Lipinski definition) is 1. The van der Waals surface area contributed by atoms with Crippen molar-refractivity contribution in [1.29, 1.82) is 0 Å². The van der Waals surface area contributed by atoms with E-state index in [1.165, 1.54) is 12.1 Å². The van der Waals surface area contributed by atoms with Crippen molar-refractivity contribution in [2.24, 2.45) is 0 Å². The van der Waals surface area contributed by atoms with Crippen molar-refractivity contribution in [2.75, 3.05) is 19.0 Å². The smallest absolute Gasteiger partial charge is 0.262 e. The molecule has 1 amide bonds. The van der Waals surface area contributed by atoms with Gasteiger partial charge >= 0.3 is 0 Å². The van der Waals surface area contributed by atoms with E-state index in [1.807, 2.05) is 0 Å². The summed E-state index contributed by atoms with van der Waals surface area (Å²) in [4.78, 5) is 11.9. The van der Waals surface area contributed by atoms with Crippen molar-refractivity contribution >= 4 is 46.4 Å². The summed E-state index contributed by atoms with van der Waals surface area (Å²) in [6.45, 7) is -0.213. The second kappa shape index (κ2) is 7.58. The van der Waals surface area contributed by atoms with E-state index in [0.29, 0.717) is 21.5 Å². The van der Waals surface area contributed by atoms with Crippen molar-refractivity contribution in [2.45, 2.75) is 0 Å². The molecule has 0 bridgehead atoms. The zero-order valence-electron chi connectivity index (χ0n) is 11.5. The van der Waals surface area contributed by atoms with Gasteiger partial charge in [-0.15, -0.1) is 0 Å². The molecule has 0 atom stereocenters. The molecule has 0 saturated heterocycles. The van der Waals surface area contributed by atoms with E-state index in [4.69, 9.17) is 44.3 Å². The number of methoxy groups -OCH3 is 1. The molecule has 0 spiro atoms. The van der Waals surface area contributed by atoms with Crippen LogP contribution in [0.25, 0.3) is 0 Å². The zero-order valence-corrected chi connectivity index (χ0v) is 13.8. The Kier molecular flexibility index (Phi) is 5.77. The predicted octanol–water partition coefficient (Wildman–Crippen LogP) is 4.67. The Balaban J connectivity index is 1.97. The van der Waals surface area contributed by atoms with E-state index in [1.54, 1.807) is 31.4 Å². The van der Waals surface area contributed by atoms with Crippen LogP contribution in [0.2, 0.25) is 15.1 Å². The third kappa shape index (κ3) is 4.44. The summed E-state index contributed by atoms with van der Waals surface area (Å²) in [5.41, 5.74) is 0.605. The number of nitrogens with one attached hydrogen (secondary N) is 1. The first-order valence-corrected chi connectivity index (χ1v) is 7.34. The van der Waals surface area contributed by atoms with Crippen LogP contribution in [-0.4, -0.2) is 19.6 Å². The fourth-order valence-electron chi connectivity index (χ4n) is 1.66. The lowest BCUT2D eigenvalue weighted by molar-refractivity contribution is -0.118. The van der Waals surface area contributed by atoms with Gasteiger partial charge in [0.05, 0.1) is 22.2 Å². The van der Waals surface area contributed by atoms with Gasteiger partial charge in [-0.2, -0.15) is 0 Å². The van der Waals surface area contributed by atoms with Crippen molar-refractivity contribution in [3.8, 4) is 11.5 Å². The fourth-order valence-corrected chi connectivity index (χ4v) is 2.25. The molecule has 0 aliphatic heterocycles. The molecule has 116 valence electrons. The van der Waals surface area contributed by atoms with Gasteiger partial charge in [0.2, 0.25) is 0 Å². The summed E-state index contributed by atoms with van der Waals surface area (Å²) in [5, 5.41) is 3.59. The van der Waals surface area contributed by atoms with Gasteiger partial charge in [0.25, 0.3) is 5.91 Å². The average Bonchev–Trinajstić information content (AvgIpc) is 2.49. The van der Waals surface area contributed by atoms with Crippen molar-refractivity contribution in [3.63, 3.8) is 0 Å². The van der Waals surface area contributed by atoms with Crippen LogP contribution < -0.4 is 14.8 Å². The molecule has 0 aliphatic carbocycles. The molecule has 0 fully saturated rings. The maximum absolute atomic E-state index is 11.9. The van der Waals surface area contributed by atoms with E-state index in [0.717, 1.165) is 0 Å². The van der Waals surface area contributed by atoms with Crippen molar-refractivity contribution < 1.29 is 14.3 Å². The Bertz CT molecular complexity index is 692. The summed E-state index contributed by atoms with van der Waals surface area (Å²) in [6.07, 6.45) is 0. The van der Waals surface area contributed by atoms with Crippen LogP contribution in [0, 0.1) is 0 Å². The minimum absolute atomic E-state index is 0.213. The van der Waals surface area contributed by atoms with Crippen LogP contribution >= 0.6 is 34.8 Å². The Morgan fingerprint density at radius 1 is 1.09 bits per heavy atom. The molecule has 0 unspecified atom stereocenters. The first-order valence-electron chi connectivity index (χ1n) is 6.21. The Labute approximate surface area is 142 Å². The normalized spacial score (nSPS) is 10.2. The molecule has 2 aromatic rings. The maximum Gasteiger partial charge on any atom is 0.262 e. The van der Waals surface area contributed by atoms with Crippen LogP contribution in [0.15, 0.2) is 36.4 Å². The lowest BCUT2D eigenvalue weighted by Crippen LogP contribution is -2.20. The number of ether oxygens (including phenoxy) is 2. The molecular formula is C15H12Cl3NO3. The maximum atomic E-state index is 11.9. The number of hydrogen-bond acceptors (Lipinski definition) is 3. The van der Waals surface area contributed by atoms with Gasteiger partial charge in [0.1, 0.15) is 11.5 Å². The van der Waals surface area contributed by atoms with Crippen LogP contribution in [0.1, 0.15) is 0 Å². The number of carbonyl (C=O) groups excluding carboxylic acids is 1. The third-order valence-electron chi connectivity index (χ3n) is 2.69. The number of halogens is 3. The number of carbonyl (C=O) groups is 1. The van der Waals surface area contributed by atoms with E-state index in [9.17, 15) is 4.79 Å². The molecule has 0 saturated carbocycles. The van der Waals surface area contributed by atoms with Gasteiger partial charge < -0.3 is 14.8 Å². The highest BCUT2D eigenvalue weighted by Gasteiger charge is 2.10. The molecule has 22 heavy (non-hydrogen) atoms. The van der Waals surface area contributed by atoms with Crippen LogP contribution in [-0.2, 0) is 4.79 Å². The highest BCUT2D eigenvalue weighted by molar-refractivity contribution is 6.43. The fraction of sp³-hybridized carbons (Fsp3) is 0.133. The van der Waals surface area contributed by atoms with Gasteiger partial charge in [-0.3, -0.25) is 4.79 Å². The molecule has 2 rings (SSSR count). The molecule has 0 radical (unpaired) electrons. The zero-order chi connectivity index (χ0) is 16.1. The van der Waals surface area contributed by atoms with Crippen LogP contribution in [0.5, 0.6) is 11.5 Å². The average molecular weight is 361 g/mol. The van der Waals surface area contributed by atoms with Gasteiger partial charge in [0.15, 0.2) is 6.61 Å². The summed E-state index contributed by atoms with van der Waals surface area (Å²) in [7, 11) is 1.55. The SMILES string of the molecule is COc1cccc(NC(=O)COc2cc(Cl)c(Cl)cc2Cl)c1. The molecule has 4 nitrogen and oxygen atoms in total. The molecule has 1 N–H and O–H groups in total. The molecule has 2 aromatic carbocycles. The van der Waals surface area contributed by atoms with E-state index in [2.05, 4.69) is 5.32 Å². The van der Waals surface area contributed by atoms with Crippen LogP contribution in [0.4, 0.5) is 5.69 Å². The standard InChI is InChI=1S/C15H12Cl3NO3/c1-21-10-4-2-3-9(5-10)19-15(20)8-22-14-7-12(17)11(16)6-13(14)18/h2-7H,8H2,1H3,(H,19,20). The van der Waals surface area contributed by atoms with Crippen molar-refractivity contribution in [1.82, 2.24) is 0 Å². The second-order valence-corrected chi connectivity index (χ2v) is 5.49.